The number of carbonyl (C=O) groups is 10. The number of nitrogens with one attached hydrogen (secondary N) is 6. The first-order valence-electron chi connectivity index (χ1n) is 26.3. The van der Waals surface area contributed by atoms with E-state index < -0.39 is 114 Å². The van der Waals surface area contributed by atoms with Crippen molar-refractivity contribution in [3.8, 4) is 11.4 Å². The molecule has 0 spiro atoms. The van der Waals surface area contributed by atoms with Crippen molar-refractivity contribution in [2.45, 2.75) is 128 Å². The van der Waals surface area contributed by atoms with E-state index in [1.165, 1.54) is 10.6 Å². The molecule has 2 aromatic heterocycles. The lowest BCUT2D eigenvalue weighted by Gasteiger charge is -2.31. The number of amides is 8. The molecule has 80 heavy (non-hydrogen) atoms. The predicted molar refractivity (Wildman–Crippen MR) is 282 cm³/mol. The fourth-order valence-electron chi connectivity index (χ4n) is 10.4. The Balaban J connectivity index is 0.830. The number of aliphatic hydroxyl groups is 1. The third-order valence-corrected chi connectivity index (χ3v) is 14.3. The molecular weight excluding hydrogens is 1040 g/mol. The van der Waals surface area contributed by atoms with Gasteiger partial charge < -0.3 is 51.0 Å². The lowest BCUT2D eigenvalue weighted by molar-refractivity contribution is -0.172. The second-order valence-corrected chi connectivity index (χ2v) is 21.0. The van der Waals surface area contributed by atoms with Crippen LogP contribution in [0.1, 0.15) is 111 Å². The summed E-state index contributed by atoms with van der Waals surface area (Å²) in [7, 11) is 0. The number of imide groups is 1. The maximum Gasteiger partial charge on any atom is 0.343 e. The van der Waals surface area contributed by atoms with Crippen molar-refractivity contribution >= 4 is 70.1 Å². The molecule has 0 bridgehead atoms. The van der Waals surface area contributed by atoms with Crippen molar-refractivity contribution in [2.24, 2.45) is 0 Å². The average Bonchev–Trinajstić information content (AvgIpc) is 3.95. The van der Waals surface area contributed by atoms with Gasteiger partial charge >= 0.3 is 11.9 Å². The number of carbonyl (C=O) groups excluding carboxylic acids is 10. The molecule has 0 saturated heterocycles. The summed E-state index contributed by atoms with van der Waals surface area (Å²) < 4.78 is 27.4. The van der Waals surface area contributed by atoms with Gasteiger partial charge in [0.25, 0.3) is 17.4 Å². The van der Waals surface area contributed by atoms with E-state index in [-0.39, 0.29) is 75.3 Å². The molecule has 4 aromatic rings. The number of ether oxygens (including phenoxy) is 2. The molecule has 422 valence electrons. The Labute approximate surface area is 457 Å². The highest BCUT2D eigenvalue weighted by Gasteiger charge is 2.46. The zero-order valence-electron chi connectivity index (χ0n) is 44.8. The fraction of sp³-hybridized carbons (Fsp3) is 0.429. The average molecular weight is 1100 g/mol. The van der Waals surface area contributed by atoms with Crippen molar-refractivity contribution < 1.29 is 66.9 Å². The van der Waals surface area contributed by atoms with E-state index in [0.29, 0.717) is 62.3 Å². The lowest BCUT2D eigenvalue weighted by Crippen LogP contribution is -2.53. The zero-order chi connectivity index (χ0) is 57.8. The Morgan fingerprint density at radius 2 is 1.54 bits per heavy atom. The summed E-state index contributed by atoms with van der Waals surface area (Å²) in [5.74, 6) is -7.78. The molecule has 23 nitrogen and oxygen atoms in total. The number of cyclic esters (lactones) is 1. The minimum atomic E-state index is -2.05. The Hall–Kier alpha value is -8.67. The summed E-state index contributed by atoms with van der Waals surface area (Å²) >= 11 is 0. The highest BCUT2D eigenvalue weighted by Crippen LogP contribution is 2.46. The third-order valence-electron chi connectivity index (χ3n) is 14.3. The molecule has 0 saturated carbocycles. The van der Waals surface area contributed by atoms with Crippen molar-refractivity contribution in [1.29, 1.82) is 0 Å². The van der Waals surface area contributed by atoms with Crippen LogP contribution >= 0.6 is 0 Å². The van der Waals surface area contributed by atoms with Gasteiger partial charge in [0, 0.05) is 60.5 Å². The minimum absolute atomic E-state index is 0.00225. The van der Waals surface area contributed by atoms with Crippen LogP contribution in [0, 0.1) is 12.7 Å². The van der Waals surface area contributed by atoms with E-state index in [9.17, 15) is 57.8 Å². The zero-order valence-corrected chi connectivity index (χ0v) is 44.8. The van der Waals surface area contributed by atoms with Crippen LogP contribution in [0.25, 0.3) is 22.3 Å². The molecule has 2 aromatic carbocycles. The molecule has 0 unspecified atom stereocenters. The fourth-order valence-corrected chi connectivity index (χ4v) is 10.4. The van der Waals surface area contributed by atoms with Gasteiger partial charge in [0.05, 0.1) is 54.7 Å². The van der Waals surface area contributed by atoms with Gasteiger partial charge in [-0.1, -0.05) is 37.3 Å². The quantitative estimate of drug-likeness (QED) is 0.0307. The minimum Gasteiger partial charge on any atom is -0.460 e. The number of aryl methyl sites for hydroxylation is 1. The molecule has 3 aliphatic heterocycles. The van der Waals surface area contributed by atoms with E-state index in [1.54, 1.807) is 71.0 Å². The van der Waals surface area contributed by atoms with Crippen LogP contribution in [0.4, 0.5) is 4.39 Å². The molecule has 0 fully saturated rings. The number of esters is 2. The molecule has 1 aliphatic carbocycles. The summed E-state index contributed by atoms with van der Waals surface area (Å²) in [5.41, 5.74) is 1.14. The summed E-state index contributed by atoms with van der Waals surface area (Å²) in [6.07, 6.45) is 2.28. The molecule has 8 rings (SSSR count). The van der Waals surface area contributed by atoms with Gasteiger partial charge in [-0.25, -0.2) is 14.2 Å². The first kappa shape index (κ1) is 57.5. The molecule has 4 atom stereocenters. The summed E-state index contributed by atoms with van der Waals surface area (Å²) in [5, 5.41) is 27.5. The first-order valence-corrected chi connectivity index (χ1v) is 26.3. The van der Waals surface area contributed by atoms with Gasteiger partial charge in [0.15, 0.2) is 5.60 Å². The van der Waals surface area contributed by atoms with E-state index >= 15 is 4.39 Å². The lowest BCUT2D eigenvalue weighted by atomic mass is 9.81. The number of nitrogens with zero attached hydrogens (tertiary/aromatic N) is 3. The SMILES string of the molecule is CC[C@@]1(O)C(=O)OCc2c1cc1n(c2=O)Cc2c-1nc1cc(F)c(C)c3c1c2[C@@H](NC(=O)CCCNC(=O)CNC(=O)[C@H](Cc1ccccc1)NC(=O)CNC(=O)CNC(=O)[C@H](CCC(=O)OC(C)(C)C)N1C(=O)C=CC1=O)CC3. The van der Waals surface area contributed by atoms with Crippen LogP contribution in [0.3, 0.4) is 0 Å². The molecule has 7 N–H and O–H groups in total. The number of pyridine rings is 2. The van der Waals surface area contributed by atoms with E-state index in [0.717, 1.165) is 17.7 Å². The number of fused-ring (bicyclic) bond motifs is 5. The van der Waals surface area contributed by atoms with E-state index in [2.05, 4.69) is 31.9 Å². The number of hydrogen-bond acceptors (Lipinski definition) is 15. The highest BCUT2D eigenvalue weighted by molar-refractivity contribution is 6.15. The van der Waals surface area contributed by atoms with Crippen molar-refractivity contribution in [1.82, 2.24) is 46.4 Å². The number of aromatic nitrogens is 2. The molecule has 24 heteroatoms. The maximum atomic E-state index is 15.4. The van der Waals surface area contributed by atoms with Gasteiger partial charge in [-0.05, 0) is 88.1 Å². The molecule has 5 heterocycles. The van der Waals surface area contributed by atoms with Gasteiger partial charge in [-0.3, -0.25) is 52.8 Å². The smallest absolute Gasteiger partial charge is 0.343 e. The number of rotatable bonds is 21. The van der Waals surface area contributed by atoms with E-state index in [1.807, 2.05) is 0 Å². The normalized spacial score (nSPS) is 17.6. The van der Waals surface area contributed by atoms with Crippen molar-refractivity contribution in [3.63, 3.8) is 0 Å². The summed E-state index contributed by atoms with van der Waals surface area (Å²) in [4.78, 5) is 149. The maximum absolute atomic E-state index is 15.4. The van der Waals surface area contributed by atoms with E-state index in [4.69, 9.17) is 14.5 Å². The van der Waals surface area contributed by atoms with Crippen LogP contribution < -0.4 is 37.5 Å². The molecule has 0 radical (unpaired) electrons. The molecule has 4 aliphatic rings. The first-order chi connectivity index (χ1) is 38.0. The van der Waals surface area contributed by atoms with Crippen molar-refractivity contribution in [3.05, 3.63) is 110 Å². The Kier molecular flexibility index (Phi) is 17.1. The summed E-state index contributed by atoms with van der Waals surface area (Å²) in [6, 6.07) is 8.32. The second-order valence-electron chi connectivity index (χ2n) is 21.0. The van der Waals surface area contributed by atoms with Gasteiger partial charge in [0.1, 0.15) is 30.1 Å². The van der Waals surface area contributed by atoms with Gasteiger partial charge in [-0.15, -0.1) is 0 Å². The molecular formula is C56H62FN9O14. The Morgan fingerprint density at radius 3 is 2.23 bits per heavy atom. The van der Waals surface area contributed by atoms with Crippen molar-refractivity contribution in [2.75, 3.05) is 26.2 Å². The summed E-state index contributed by atoms with van der Waals surface area (Å²) in [6.45, 7) is 6.21. The van der Waals surface area contributed by atoms with Crippen LogP contribution in [0.15, 0.2) is 59.4 Å². The van der Waals surface area contributed by atoms with Crippen LogP contribution in [-0.4, -0.2) is 123 Å². The van der Waals surface area contributed by atoms with Crippen LogP contribution in [0.5, 0.6) is 0 Å². The van der Waals surface area contributed by atoms with Gasteiger partial charge in [0.2, 0.25) is 35.4 Å². The number of benzene rings is 2. The third kappa shape index (κ3) is 12.4. The molecule has 8 amide bonds. The number of hydrogen-bond donors (Lipinski definition) is 7. The Bertz CT molecular complexity index is 3320. The monoisotopic (exact) mass is 1100 g/mol. The van der Waals surface area contributed by atoms with Gasteiger partial charge in [-0.2, -0.15) is 0 Å². The van der Waals surface area contributed by atoms with Crippen LogP contribution in [-0.2, 0) is 89.0 Å². The highest BCUT2D eigenvalue weighted by atomic mass is 19.1. The topological polar surface area (TPSA) is 320 Å². The largest absolute Gasteiger partial charge is 0.460 e. The standard InChI is InChI=1S/C56H62FN9O14/c1-6-56(78)34-22-40-50-32(27-65(40)53(76)33(34)28-79-54(56)77)49-36(15-14-31-29(2)35(57)23-37(64-50)48(31)49)62-41(67)13-10-20-58-42(68)24-60-51(74)38(21-30-11-8-7-9-12-30)63-44(70)26-59-43(69)25-61-52(75)39(66-45(71)17-18-46(66)72)16-19-47(73)80-55(3,4)5/h7-9,11-12,17-18,22-23,36,38-39,78H,6,10,13-16,19-21,24-28H2,1-5H3,(H,58,68)(H,59,69)(H,60,74)(H,61,75)(H,62,67)(H,63,70)/t36-,38-,39-,56-/m0/s1. The Morgan fingerprint density at radius 1 is 0.863 bits per heavy atom. The predicted octanol–water partition coefficient (Wildman–Crippen LogP) is 1.02. The second kappa shape index (κ2) is 23.7. The number of halogens is 1. The van der Waals surface area contributed by atoms with Crippen LogP contribution in [0.2, 0.25) is 0 Å².